The van der Waals surface area contributed by atoms with Crippen LogP contribution in [0.2, 0.25) is 0 Å². The molecule has 0 aliphatic carbocycles. The number of aromatic nitrogens is 1. The highest BCUT2D eigenvalue weighted by molar-refractivity contribution is 7.17. The predicted octanol–water partition coefficient (Wildman–Crippen LogP) is 5.42. The van der Waals surface area contributed by atoms with E-state index in [4.69, 9.17) is 4.74 Å². The summed E-state index contributed by atoms with van der Waals surface area (Å²) in [5.41, 5.74) is -0.516. The lowest BCUT2D eigenvalue weighted by molar-refractivity contribution is -0.151. The summed E-state index contributed by atoms with van der Waals surface area (Å²) in [5.74, 6) is -0.977. The van der Waals surface area contributed by atoms with Crippen molar-refractivity contribution in [1.82, 2.24) is 4.98 Å². The number of alkyl halides is 4. The first kappa shape index (κ1) is 23.4. The van der Waals surface area contributed by atoms with Gasteiger partial charge in [0.2, 0.25) is 0 Å². The Bertz CT molecular complexity index is 952. The van der Waals surface area contributed by atoms with Crippen LogP contribution in [0, 0.1) is 5.92 Å². The fourth-order valence-corrected chi connectivity index (χ4v) is 4.58. The Morgan fingerprint density at radius 3 is 2.58 bits per heavy atom. The zero-order valence-electron chi connectivity index (χ0n) is 17.3. The minimum atomic E-state index is -4.58. The molecule has 1 saturated heterocycles. The molecule has 0 amide bonds. The molecular weight excluding hydrogens is 436 g/mol. The molecular formula is C21H24F4N2O3S. The summed E-state index contributed by atoms with van der Waals surface area (Å²) in [7, 11) is 0. The SMILES string of the molecule is CCC(=O)c1csc2c(C(F)(F)F)cc(N3CCC(OC(=O)C[C@H](C)CF)CC3)nc12. The first-order chi connectivity index (χ1) is 14.6. The van der Waals surface area contributed by atoms with E-state index in [1.54, 1.807) is 18.7 Å². The number of thiophene rings is 1. The lowest BCUT2D eigenvalue weighted by Crippen LogP contribution is -2.38. The molecule has 10 heteroatoms. The number of esters is 1. The van der Waals surface area contributed by atoms with E-state index >= 15 is 0 Å². The number of ether oxygens (including phenoxy) is 1. The van der Waals surface area contributed by atoms with Gasteiger partial charge in [-0.2, -0.15) is 13.2 Å². The highest BCUT2D eigenvalue weighted by Crippen LogP contribution is 2.40. The molecule has 1 atom stereocenters. The van der Waals surface area contributed by atoms with Gasteiger partial charge in [0.05, 0.1) is 34.4 Å². The van der Waals surface area contributed by atoms with Crippen molar-refractivity contribution in [2.75, 3.05) is 24.7 Å². The minimum Gasteiger partial charge on any atom is -0.462 e. The van der Waals surface area contributed by atoms with Crippen molar-refractivity contribution >= 4 is 39.1 Å². The van der Waals surface area contributed by atoms with E-state index in [1.807, 2.05) is 0 Å². The van der Waals surface area contributed by atoms with E-state index in [1.165, 1.54) is 5.38 Å². The van der Waals surface area contributed by atoms with Crippen molar-refractivity contribution in [3.8, 4) is 0 Å². The average Bonchev–Trinajstić information content (AvgIpc) is 3.16. The number of halogens is 4. The highest BCUT2D eigenvalue weighted by atomic mass is 32.1. The molecule has 5 nitrogen and oxygen atoms in total. The molecule has 1 fully saturated rings. The quantitative estimate of drug-likeness (QED) is 0.314. The predicted molar refractivity (Wildman–Crippen MR) is 110 cm³/mol. The van der Waals surface area contributed by atoms with Crippen molar-refractivity contribution in [3.63, 3.8) is 0 Å². The van der Waals surface area contributed by atoms with Crippen LogP contribution in [-0.2, 0) is 15.7 Å². The standard InChI is InChI=1S/C21H24F4N2O3S/c1-3-16(28)14-11-31-20-15(21(23,24)25)9-17(26-19(14)20)27-6-4-13(5-7-27)30-18(29)8-12(2)10-22/h9,11-13H,3-8,10H2,1-2H3/t12-/m0/s1. The second-order valence-corrected chi connectivity index (χ2v) is 8.65. The van der Waals surface area contributed by atoms with Gasteiger partial charge in [-0.25, -0.2) is 4.98 Å². The Morgan fingerprint density at radius 1 is 1.32 bits per heavy atom. The first-order valence-corrected chi connectivity index (χ1v) is 11.0. The van der Waals surface area contributed by atoms with Crippen LogP contribution in [0.3, 0.4) is 0 Å². The number of carbonyl (C=O) groups is 2. The molecule has 2 aromatic heterocycles. The van der Waals surface area contributed by atoms with E-state index in [2.05, 4.69) is 4.98 Å². The number of Topliss-reactive ketones (excluding diaryl/α,β-unsaturated/α-hetero) is 1. The maximum Gasteiger partial charge on any atom is 0.417 e. The van der Waals surface area contributed by atoms with E-state index in [-0.39, 0.29) is 46.3 Å². The minimum absolute atomic E-state index is 0.00370. The molecule has 0 aromatic carbocycles. The summed E-state index contributed by atoms with van der Waals surface area (Å²) >= 11 is 0.874. The second kappa shape index (κ2) is 9.50. The number of anilines is 1. The average molecular weight is 460 g/mol. The third-order valence-electron chi connectivity index (χ3n) is 5.28. The van der Waals surface area contributed by atoms with Crippen LogP contribution < -0.4 is 4.90 Å². The van der Waals surface area contributed by atoms with E-state index in [0.29, 0.717) is 25.9 Å². The van der Waals surface area contributed by atoms with Crippen molar-refractivity contribution in [1.29, 1.82) is 0 Å². The van der Waals surface area contributed by atoms with Gasteiger partial charge in [0.1, 0.15) is 11.9 Å². The van der Waals surface area contributed by atoms with Gasteiger partial charge < -0.3 is 9.64 Å². The van der Waals surface area contributed by atoms with Crippen LogP contribution in [0.5, 0.6) is 0 Å². The number of fused-ring (bicyclic) bond motifs is 1. The second-order valence-electron chi connectivity index (χ2n) is 7.77. The lowest BCUT2D eigenvalue weighted by atomic mass is 10.1. The van der Waals surface area contributed by atoms with Crippen molar-refractivity contribution < 1.29 is 31.9 Å². The fourth-order valence-electron chi connectivity index (χ4n) is 3.53. The molecule has 0 radical (unpaired) electrons. The van der Waals surface area contributed by atoms with Crippen LogP contribution in [0.4, 0.5) is 23.4 Å². The highest BCUT2D eigenvalue weighted by Gasteiger charge is 2.36. The molecule has 170 valence electrons. The maximum absolute atomic E-state index is 13.7. The number of pyridine rings is 1. The van der Waals surface area contributed by atoms with Crippen molar-refractivity contribution in [2.24, 2.45) is 5.92 Å². The van der Waals surface area contributed by atoms with Crippen LogP contribution in [0.25, 0.3) is 10.2 Å². The third kappa shape index (κ3) is 5.34. The molecule has 0 saturated carbocycles. The lowest BCUT2D eigenvalue weighted by Gasteiger charge is -2.33. The van der Waals surface area contributed by atoms with Gasteiger partial charge in [-0.05, 0) is 12.0 Å². The smallest absolute Gasteiger partial charge is 0.417 e. The van der Waals surface area contributed by atoms with Gasteiger partial charge in [0.25, 0.3) is 0 Å². The topological polar surface area (TPSA) is 59.5 Å². The summed E-state index contributed by atoms with van der Waals surface area (Å²) in [6, 6.07) is 1.02. The molecule has 0 N–H and O–H groups in total. The van der Waals surface area contributed by atoms with Gasteiger partial charge in [-0.3, -0.25) is 14.0 Å². The number of rotatable bonds is 7. The van der Waals surface area contributed by atoms with Crippen LogP contribution >= 0.6 is 11.3 Å². The van der Waals surface area contributed by atoms with Crippen LogP contribution in [0.15, 0.2) is 11.4 Å². The number of ketones is 1. The Kier molecular flexibility index (Phi) is 7.18. The zero-order chi connectivity index (χ0) is 22.8. The summed E-state index contributed by atoms with van der Waals surface area (Å²) in [5, 5.41) is 1.44. The zero-order valence-corrected chi connectivity index (χ0v) is 18.1. The fraction of sp³-hybridized carbons (Fsp3) is 0.571. The maximum atomic E-state index is 13.7. The molecule has 3 heterocycles. The third-order valence-corrected chi connectivity index (χ3v) is 6.28. The van der Waals surface area contributed by atoms with Gasteiger partial charge in [0, 0.05) is 37.7 Å². The monoisotopic (exact) mass is 460 g/mol. The normalized spacial score (nSPS) is 16.5. The molecule has 3 rings (SSSR count). The molecule has 31 heavy (non-hydrogen) atoms. The molecule has 2 aromatic rings. The van der Waals surface area contributed by atoms with Gasteiger partial charge in [0.15, 0.2) is 5.78 Å². The van der Waals surface area contributed by atoms with Crippen molar-refractivity contribution in [3.05, 3.63) is 22.6 Å². The van der Waals surface area contributed by atoms with Gasteiger partial charge in [-0.1, -0.05) is 13.8 Å². The van der Waals surface area contributed by atoms with Crippen molar-refractivity contribution in [2.45, 2.75) is 51.8 Å². The number of hydrogen-bond acceptors (Lipinski definition) is 6. The van der Waals surface area contributed by atoms with Gasteiger partial charge >= 0.3 is 12.1 Å². The number of hydrogen-bond donors (Lipinski definition) is 0. The molecule has 0 unspecified atom stereocenters. The summed E-state index contributed by atoms with van der Waals surface area (Å²) in [6.07, 6.45) is -3.90. The number of piperidine rings is 1. The first-order valence-electron chi connectivity index (χ1n) is 10.2. The summed E-state index contributed by atoms with van der Waals surface area (Å²) < 4.78 is 58.9. The molecule has 0 bridgehead atoms. The summed E-state index contributed by atoms with van der Waals surface area (Å²) in [6.45, 7) is 3.38. The number of carbonyl (C=O) groups excluding carboxylic acids is 2. The Labute approximate surface area is 181 Å². The van der Waals surface area contributed by atoms with E-state index < -0.39 is 30.3 Å². The molecule has 1 aliphatic heterocycles. The summed E-state index contributed by atoms with van der Waals surface area (Å²) in [4.78, 5) is 30.2. The Hall–Kier alpha value is -2.23. The van der Waals surface area contributed by atoms with Crippen LogP contribution in [-0.4, -0.2) is 42.6 Å². The molecule has 0 spiro atoms. The Morgan fingerprint density at radius 2 is 2.00 bits per heavy atom. The van der Waals surface area contributed by atoms with E-state index in [0.717, 1.165) is 17.4 Å². The molecule has 1 aliphatic rings. The largest absolute Gasteiger partial charge is 0.462 e. The van der Waals surface area contributed by atoms with Crippen LogP contribution in [0.1, 0.15) is 55.5 Å². The Balaban J connectivity index is 1.80. The van der Waals surface area contributed by atoms with Gasteiger partial charge in [-0.15, -0.1) is 11.3 Å². The van der Waals surface area contributed by atoms with E-state index in [9.17, 15) is 27.2 Å². The number of nitrogens with zero attached hydrogens (tertiary/aromatic N) is 2.